The molecule has 15 heavy (non-hydrogen) atoms. The molecule has 1 saturated carbocycles. The maximum absolute atomic E-state index is 8.31. The Morgan fingerprint density at radius 1 is 1.53 bits per heavy atom. The second-order valence-corrected chi connectivity index (χ2v) is 3.61. The number of ether oxygens (including phenoxy) is 1. The molecular formula is C12H16ClNO. The Morgan fingerprint density at radius 3 is 2.80 bits per heavy atom. The van der Waals surface area contributed by atoms with Crippen LogP contribution in [0.3, 0.4) is 0 Å². The van der Waals surface area contributed by atoms with Gasteiger partial charge in [0.15, 0.2) is 0 Å². The van der Waals surface area contributed by atoms with Gasteiger partial charge in [-0.2, -0.15) is 0 Å². The van der Waals surface area contributed by atoms with E-state index >= 15 is 0 Å². The molecule has 2 atom stereocenters. The Morgan fingerprint density at radius 2 is 2.27 bits per heavy atom. The minimum Gasteiger partial charge on any atom is -0.497 e. The zero-order valence-electron chi connectivity index (χ0n) is 13.3. The van der Waals surface area contributed by atoms with Crippen molar-refractivity contribution in [3.63, 3.8) is 0 Å². The van der Waals surface area contributed by atoms with Crippen LogP contribution in [0.4, 0.5) is 0 Å². The number of benzene rings is 1. The summed E-state index contributed by atoms with van der Waals surface area (Å²) in [6.45, 7) is -1.90. The third-order valence-electron chi connectivity index (χ3n) is 2.85. The number of halogens is 1. The highest BCUT2D eigenvalue weighted by Gasteiger charge is 2.57. The lowest BCUT2D eigenvalue weighted by Crippen LogP contribution is -2.19. The van der Waals surface area contributed by atoms with Crippen molar-refractivity contribution in [2.75, 3.05) is 20.2 Å². The monoisotopic (exact) mass is 230 g/mol. The lowest BCUT2D eigenvalue weighted by atomic mass is 9.95. The first kappa shape index (κ1) is 6.12. The number of nitrogens with one attached hydrogen (secondary N) is 1. The molecule has 0 spiro atoms. The molecule has 0 aromatic heterocycles. The first-order valence-electron chi connectivity index (χ1n) is 7.14. The molecule has 82 valence electrons. The molecule has 1 heterocycles. The van der Waals surface area contributed by atoms with E-state index in [9.17, 15) is 0 Å². The Balaban J connectivity index is 0.00000147. The molecule has 3 heteroatoms. The fraction of sp³-hybridized carbons (Fsp3) is 0.500. The molecule has 2 nitrogen and oxygen atoms in total. The number of methoxy groups -OCH3 is 1. The van der Waals surface area contributed by atoms with Crippen LogP contribution in [0, 0.1) is 5.89 Å². The van der Waals surface area contributed by atoms with Crippen LogP contribution in [-0.4, -0.2) is 20.2 Å². The second-order valence-electron chi connectivity index (χ2n) is 3.61. The number of hydrogen-bond acceptors (Lipinski definition) is 2. The molecule has 0 bridgehead atoms. The van der Waals surface area contributed by atoms with Crippen molar-refractivity contribution in [3.05, 3.63) is 29.8 Å². The number of hydrogen-bond donors (Lipinski definition) is 1. The third-order valence-corrected chi connectivity index (χ3v) is 2.85. The van der Waals surface area contributed by atoms with E-state index in [1.165, 1.54) is 0 Å². The lowest BCUT2D eigenvalue weighted by molar-refractivity contribution is 0.414. The highest BCUT2D eigenvalue weighted by Crippen LogP contribution is 2.56. The Bertz CT molecular complexity index is 537. The summed E-state index contributed by atoms with van der Waals surface area (Å²) in [6, 6.07) is 6.87. The summed E-state index contributed by atoms with van der Waals surface area (Å²) in [6.07, 6.45) is -1.89. The van der Waals surface area contributed by atoms with Gasteiger partial charge in [0.25, 0.3) is 0 Å². The minimum absolute atomic E-state index is 0. The van der Waals surface area contributed by atoms with Crippen molar-refractivity contribution in [2.24, 2.45) is 5.89 Å². The van der Waals surface area contributed by atoms with Crippen molar-refractivity contribution in [1.82, 2.24) is 5.32 Å². The van der Waals surface area contributed by atoms with Gasteiger partial charge in [0, 0.05) is 18.8 Å². The molecular weight excluding hydrogens is 210 g/mol. The van der Waals surface area contributed by atoms with E-state index in [4.69, 9.17) is 11.6 Å². The summed E-state index contributed by atoms with van der Waals surface area (Å²) in [7, 11) is 1.55. The van der Waals surface area contributed by atoms with Crippen LogP contribution in [0.5, 0.6) is 5.75 Å². The van der Waals surface area contributed by atoms with Gasteiger partial charge in [0.1, 0.15) is 5.75 Å². The van der Waals surface area contributed by atoms with Crippen molar-refractivity contribution in [1.29, 1.82) is 0 Å². The van der Waals surface area contributed by atoms with Crippen molar-refractivity contribution in [2.45, 2.75) is 11.8 Å². The van der Waals surface area contributed by atoms with Crippen LogP contribution < -0.4 is 10.1 Å². The average Bonchev–Trinajstić information content (AvgIpc) is 2.64. The quantitative estimate of drug-likeness (QED) is 0.839. The van der Waals surface area contributed by atoms with Gasteiger partial charge >= 0.3 is 0 Å². The first-order valence-corrected chi connectivity index (χ1v) is 4.64. The Hall–Kier alpha value is -0.730. The molecule has 2 fully saturated rings. The minimum atomic E-state index is -2.03. The highest BCUT2D eigenvalue weighted by molar-refractivity contribution is 5.85. The Labute approximate surface area is 103 Å². The topological polar surface area (TPSA) is 21.3 Å². The van der Waals surface area contributed by atoms with E-state index in [1.807, 2.05) is 0 Å². The van der Waals surface area contributed by atoms with Gasteiger partial charge in [-0.15, -0.1) is 12.4 Å². The van der Waals surface area contributed by atoms with Gasteiger partial charge in [-0.3, -0.25) is 0 Å². The van der Waals surface area contributed by atoms with Gasteiger partial charge in [-0.05, 0) is 36.5 Å². The Kier molecular flexibility index (Phi) is 1.50. The van der Waals surface area contributed by atoms with Crippen molar-refractivity contribution in [3.8, 4) is 5.75 Å². The summed E-state index contributed by atoms with van der Waals surface area (Å²) >= 11 is 0. The number of rotatable bonds is 2. The summed E-state index contributed by atoms with van der Waals surface area (Å²) in [5.74, 6) is -1.13. The maximum Gasteiger partial charge on any atom is 0.118 e. The lowest BCUT2D eigenvalue weighted by Gasteiger charge is -2.12. The SMILES string of the molecule is Cl.[2H]C1([2H])NCC2(c3ccc(OC)cc3)C([2H])([2H])C12[2H]. The molecule has 2 unspecified atom stereocenters. The highest BCUT2D eigenvalue weighted by atomic mass is 35.5. The largest absolute Gasteiger partial charge is 0.497 e. The summed E-state index contributed by atoms with van der Waals surface area (Å²) < 4.78 is 45.2. The van der Waals surface area contributed by atoms with Gasteiger partial charge < -0.3 is 10.1 Å². The van der Waals surface area contributed by atoms with Crippen LogP contribution >= 0.6 is 12.4 Å². The maximum atomic E-state index is 8.31. The fourth-order valence-electron chi connectivity index (χ4n) is 1.91. The number of piperidine rings is 1. The van der Waals surface area contributed by atoms with E-state index in [-0.39, 0.29) is 19.0 Å². The normalized spacial score (nSPS) is 48.2. The molecule has 0 amide bonds. The van der Waals surface area contributed by atoms with E-state index in [0.29, 0.717) is 11.3 Å². The van der Waals surface area contributed by atoms with Crippen LogP contribution in [0.15, 0.2) is 24.3 Å². The smallest absolute Gasteiger partial charge is 0.118 e. The fourth-order valence-corrected chi connectivity index (χ4v) is 1.91. The summed E-state index contributed by atoms with van der Waals surface area (Å²) in [5.41, 5.74) is -0.488. The van der Waals surface area contributed by atoms with Gasteiger partial charge in [0.2, 0.25) is 0 Å². The van der Waals surface area contributed by atoms with E-state index < -0.39 is 24.2 Å². The van der Waals surface area contributed by atoms with Crippen molar-refractivity contribution < 1.29 is 11.6 Å². The van der Waals surface area contributed by atoms with E-state index in [1.54, 1.807) is 31.4 Å². The molecule has 1 aliphatic heterocycles. The zero-order valence-corrected chi connectivity index (χ0v) is 9.15. The predicted molar refractivity (Wildman–Crippen MR) is 62.9 cm³/mol. The molecule has 1 saturated heterocycles. The van der Waals surface area contributed by atoms with Crippen LogP contribution in [0.25, 0.3) is 0 Å². The zero-order chi connectivity index (χ0) is 14.1. The summed E-state index contributed by atoms with van der Waals surface area (Å²) in [5, 5.41) is 2.63. The first-order chi connectivity index (χ1) is 8.74. The molecule has 2 aliphatic rings. The van der Waals surface area contributed by atoms with Crippen LogP contribution in [0.2, 0.25) is 0 Å². The van der Waals surface area contributed by atoms with Gasteiger partial charge in [0.05, 0.1) is 7.11 Å². The standard InChI is InChI=1S/C12H15NO.ClH/c1-14-11-4-2-9(3-5-11)12-6-10(12)7-13-8-12;/h2-5,10,13H,6-8H2,1H3;1H/i6D2,7D2,10D;. The molecule has 1 aromatic carbocycles. The third kappa shape index (κ3) is 1.52. The molecule has 1 aliphatic carbocycles. The predicted octanol–water partition coefficient (Wildman–Crippen LogP) is 1.98. The molecule has 3 rings (SSSR count). The summed E-state index contributed by atoms with van der Waals surface area (Å²) in [4.78, 5) is 0. The second kappa shape index (κ2) is 3.69. The van der Waals surface area contributed by atoms with Crippen LogP contribution in [-0.2, 0) is 5.41 Å². The van der Waals surface area contributed by atoms with E-state index in [0.717, 1.165) is 0 Å². The average molecular weight is 231 g/mol. The molecule has 1 N–H and O–H groups in total. The van der Waals surface area contributed by atoms with Gasteiger partial charge in [-0.25, -0.2) is 0 Å². The molecule has 1 aromatic rings. The number of fused-ring (bicyclic) bond motifs is 1. The van der Waals surface area contributed by atoms with Gasteiger partial charge in [-0.1, -0.05) is 12.1 Å². The van der Waals surface area contributed by atoms with E-state index in [2.05, 4.69) is 5.32 Å². The van der Waals surface area contributed by atoms with Crippen molar-refractivity contribution >= 4 is 12.4 Å². The molecule has 0 radical (unpaired) electrons. The van der Waals surface area contributed by atoms with Crippen LogP contribution in [0.1, 0.15) is 18.8 Å².